The first kappa shape index (κ1) is 16.7. The molecule has 5 heteroatoms. The van der Waals surface area contributed by atoms with Crippen LogP contribution in [-0.4, -0.2) is 29.7 Å². The van der Waals surface area contributed by atoms with E-state index in [2.05, 4.69) is 24.5 Å². The number of hydrogen-bond donors (Lipinski definition) is 3. The van der Waals surface area contributed by atoms with Gasteiger partial charge in [0.2, 0.25) is 0 Å². The zero-order valence-corrected chi connectivity index (χ0v) is 11.8. The van der Waals surface area contributed by atoms with Crippen molar-refractivity contribution in [2.75, 3.05) is 6.54 Å². The Labute approximate surface area is 109 Å². The first-order valence-corrected chi connectivity index (χ1v) is 6.63. The monoisotopic (exact) mass is 258 g/mol. The highest BCUT2D eigenvalue weighted by molar-refractivity contribution is 5.82. The number of nitrogens with one attached hydrogen (secondary N) is 2. The second-order valence-electron chi connectivity index (χ2n) is 5.27. The normalized spacial score (nSPS) is 14.1. The summed E-state index contributed by atoms with van der Waals surface area (Å²) in [6.07, 6.45) is 2.57. The van der Waals surface area contributed by atoms with Crippen molar-refractivity contribution in [3.05, 3.63) is 0 Å². The standard InChI is InChI=1S/C13H26N2O3/c1-5-6-10(4)8-14-13(18)15-11(12(16)17)7-9(2)3/h9-11H,5-8H2,1-4H3,(H,16,17)(H2,14,15,18). The van der Waals surface area contributed by atoms with Crippen molar-refractivity contribution < 1.29 is 14.7 Å². The van der Waals surface area contributed by atoms with Gasteiger partial charge in [-0.25, -0.2) is 9.59 Å². The fourth-order valence-corrected chi connectivity index (χ4v) is 1.76. The van der Waals surface area contributed by atoms with Gasteiger partial charge in [0.15, 0.2) is 0 Å². The average Bonchev–Trinajstić information content (AvgIpc) is 2.25. The minimum absolute atomic E-state index is 0.227. The summed E-state index contributed by atoms with van der Waals surface area (Å²) in [5.41, 5.74) is 0. The Balaban J connectivity index is 4.06. The molecule has 3 N–H and O–H groups in total. The quantitative estimate of drug-likeness (QED) is 0.624. The molecule has 0 aromatic carbocycles. The molecule has 0 bridgehead atoms. The largest absolute Gasteiger partial charge is 0.480 e. The van der Waals surface area contributed by atoms with E-state index in [9.17, 15) is 9.59 Å². The number of aliphatic carboxylic acids is 1. The molecule has 0 aliphatic rings. The Hall–Kier alpha value is -1.26. The Bertz CT molecular complexity index is 267. The zero-order chi connectivity index (χ0) is 14.1. The maximum Gasteiger partial charge on any atom is 0.326 e. The highest BCUT2D eigenvalue weighted by Gasteiger charge is 2.20. The summed E-state index contributed by atoms with van der Waals surface area (Å²) in [6, 6.07) is -1.21. The molecule has 0 spiro atoms. The van der Waals surface area contributed by atoms with Crippen LogP contribution in [0.4, 0.5) is 4.79 Å². The summed E-state index contributed by atoms with van der Waals surface area (Å²) < 4.78 is 0. The third kappa shape index (κ3) is 7.92. The van der Waals surface area contributed by atoms with Gasteiger partial charge in [-0.3, -0.25) is 0 Å². The number of carbonyl (C=O) groups is 2. The molecule has 2 amide bonds. The molecule has 0 aliphatic heterocycles. The highest BCUT2D eigenvalue weighted by atomic mass is 16.4. The fraction of sp³-hybridized carbons (Fsp3) is 0.846. The van der Waals surface area contributed by atoms with Gasteiger partial charge >= 0.3 is 12.0 Å². The van der Waals surface area contributed by atoms with Gasteiger partial charge in [0.25, 0.3) is 0 Å². The summed E-state index contributed by atoms with van der Waals surface area (Å²) in [7, 11) is 0. The van der Waals surface area contributed by atoms with E-state index in [-0.39, 0.29) is 5.92 Å². The Morgan fingerprint density at radius 2 is 1.83 bits per heavy atom. The predicted octanol–water partition coefficient (Wildman–Crippen LogP) is 2.22. The summed E-state index contributed by atoms with van der Waals surface area (Å²) >= 11 is 0. The summed E-state index contributed by atoms with van der Waals surface area (Å²) in [6.45, 7) is 8.59. The van der Waals surface area contributed by atoms with E-state index in [1.807, 2.05) is 13.8 Å². The van der Waals surface area contributed by atoms with Crippen LogP contribution in [0.2, 0.25) is 0 Å². The molecule has 2 atom stereocenters. The van der Waals surface area contributed by atoms with Gasteiger partial charge < -0.3 is 15.7 Å². The van der Waals surface area contributed by atoms with Crippen LogP contribution >= 0.6 is 0 Å². The van der Waals surface area contributed by atoms with Crippen molar-refractivity contribution in [3.63, 3.8) is 0 Å². The summed E-state index contributed by atoms with van der Waals surface area (Å²) in [4.78, 5) is 22.5. The second kappa shape index (κ2) is 8.78. The molecule has 0 rings (SSSR count). The molecule has 0 radical (unpaired) electrons. The Morgan fingerprint density at radius 1 is 1.22 bits per heavy atom. The molecular formula is C13H26N2O3. The molecule has 0 saturated carbocycles. The number of carboxylic acid groups (broad SMARTS) is 1. The molecule has 0 aliphatic carbocycles. The number of urea groups is 1. The van der Waals surface area contributed by atoms with Crippen molar-refractivity contribution >= 4 is 12.0 Å². The molecule has 0 fully saturated rings. The lowest BCUT2D eigenvalue weighted by atomic mass is 10.0. The summed E-state index contributed by atoms with van der Waals surface area (Å²) in [5.74, 6) is -0.347. The zero-order valence-electron chi connectivity index (χ0n) is 11.8. The summed E-state index contributed by atoms with van der Waals surface area (Å²) in [5, 5.41) is 14.2. The molecule has 18 heavy (non-hydrogen) atoms. The smallest absolute Gasteiger partial charge is 0.326 e. The number of hydrogen-bond acceptors (Lipinski definition) is 2. The van der Waals surface area contributed by atoms with E-state index in [1.165, 1.54) is 0 Å². The van der Waals surface area contributed by atoms with Crippen LogP contribution in [0.25, 0.3) is 0 Å². The lowest BCUT2D eigenvalue weighted by Gasteiger charge is -2.18. The van der Waals surface area contributed by atoms with E-state index in [0.717, 1.165) is 12.8 Å². The minimum atomic E-state index is -0.986. The van der Waals surface area contributed by atoms with Crippen LogP contribution < -0.4 is 10.6 Å². The Kier molecular flexibility index (Phi) is 8.16. The fourth-order valence-electron chi connectivity index (χ4n) is 1.76. The lowest BCUT2D eigenvalue weighted by molar-refractivity contribution is -0.139. The Morgan fingerprint density at radius 3 is 2.28 bits per heavy atom. The topological polar surface area (TPSA) is 78.4 Å². The third-order valence-corrected chi connectivity index (χ3v) is 2.70. The number of carboxylic acids is 1. The van der Waals surface area contributed by atoms with E-state index in [1.54, 1.807) is 0 Å². The lowest BCUT2D eigenvalue weighted by Crippen LogP contribution is -2.47. The van der Waals surface area contributed by atoms with Crippen molar-refractivity contribution in [3.8, 4) is 0 Å². The second-order valence-corrected chi connectivity index (χ2v) is 5.27. The van der Waals surface area contributed by atoms with Gasteiger partial charge in [0, 0.05) is 6.54 Å². The van der Waals surface area contributed by atoms with Crippen LogP contribution in [0, 0.1) is 11.8 Å². The van der Waals surface area contributed by atoms with Crippen molar-refractivity contribution in [2.24, 2.45) is 11.8 Å². The van der Waals surface area contributed by atoms with Gasteiger partial charge in [-0.15, -0.1) is 0 Å². The minimum Gasteiger partial charge on any atom is -0.480 e. The maximum atomic E-state index is 11.6. The average molecular weight is 258 g/mol. The van der Waals surface area contributed by atoms with Crippen LogP contribution in [0.1, 0.15) is 47.0 Å². The van der Waals surface area contributed by atoms with Gasteiger partial charge in [0.05, 0.1) is 0 Å². The molecule has 5 nitrogen and oxygen atoms in total. The van der Waals surface area contributed by atoms with E-state index < -0.39 is 18.0 Å². The van der Waals surface area contributed by atoms with Crippen LogP contribution in [-0.2, 0) is 4.79 Å². The number of amides is 2. The van der Waals surface area contributed by atoms with Crippen molar-refractivity contribution in [1.82, 2.24) is 10.6 Å². The van der Waals surface area contributed by atoms with Crippen LogP contribution in [0.5, 0.6) is 0 Å². The highest BCUT2D eigenvalue weighted by Crippen LogP contribution is 2.05. The first-order chi connectivity index (χ1) is 8.36. The van der Waals surface area contributed by atoms with Crippen LogP contribution in [0.15, 0.2) is 0 Å². The molecule has 2 unspecified atom stereocenters. The van der Waals surface area contributed by atoms with E-state index in [0.29, 0.717) is 18.9 Å². The van der Waals surface area contributed by atoms with Gasteiger partial charge in [0.1, 0.15) is 6.04 Å². The van der Waals surface area contributed by atoms with E-state index in [4.69, 9.17) is 5.11 Å². The SMILES string of the molecule is CCCC(C)CNC(=O)NC(CC(C)C)C(=O)O. The van der Waals surface area contributed by atoms with E-state index >= 15 is 0 Å². The molecule has 0 aromatic rings. The molecule has 0 aromatic heterocycles. The number of rotatable bonds is 8. The van der Waals surface area contributed by atoms with Crippen LogP contribution in [0.3, 0.4) is 0 Å². The third-order valence-electron chi connectivity index (χ3n) is 2.70. The molecule has 0 saturated heterocycles. The number of carbonyl (C=O) groups excluding carboxylic acids is 1. The molecule has 106 valence electrons. The van der Waals surface area contributed by atoms with Gasteiger partial charge in [-0.2, -0.15) is 0 Å². The van der Waals surface area contributed by atoms with Gasteiger partial charge in [-0.1, -0.05) is 34.1 Å². The molecular weight excluding hydrogens is 232 g/mol. The maximum absolute atomic E-state index is 11.6. The van der Waals surface area contributed by atoms with Crippen molar-refractivity contribution in [2.45, 2.75) is 53.0 Å². The molecule has 0 heterocycles. The predicted molar refractivity (Wildman–Crippen MR) is 71.5 cm³/mol. The van der Waals surface area contributed by atoms with Crippen molar-refractivity contribution in [1.29, 1.82) is 0 Å². The van der Waals surface area contributed by atoms with Gasteiger partial charge in [-0.05, 0) is 24.7 Å². The first-order valence-electron chi connectivity index (χ1n) is 6.63.